The second-order valence-electron chi connectivity index (χ2n) is 19.9. The molecule has 358 valence electrons. The van der Waals surface area contributed by atoms with Crippen molar-refractivity contribution in [3.05, 3.63) is 70.8 Å². The van der Waals surface area contributed by atoms with Crippen LogP contribution in [0.4, 0.5) is 0 Å². The molecule has 2 N–H and O–H groups in total. The summed E-state index contributed by atoms with van der Waals surface area (Å²) < 4.78 is 11.9. The third-order valence-corrected chi connectivity index (χ3v) is 15.0. The van der Waals surface area contributed by atoms with E-state index in [2.05, 4.69) is 13.8 Å². The number of esters is 2. The fourth-order valence-electron chi connectivity index (χ4n) is 10.7. The standard InChI is InChI=1S/C56H86O8/c1-5-9-13-19-43-25-29-45(30-26-43)21-15-17-23-47-33-37-49(38-34-47)51(57)63-55(53(59)60,41-11-7-3)56(54(61)62,42-12-8-4)64-52(58)50-39-35-48(36-40-50)24-18-16-22-46-31-27-44(28-32-46)20-14-10-6-2/h33-40,43-46H,5-32,41-42H2,1-4H3,(H,59,60)(H,61,62)/t43-,44-,45-,46-,55-,56-/m0/s1. The summed E-state index contributed by atoms with van der Waals surface area (Å²) in [6.07, 6.45) is 31.1. The van der Waals surface area contributed by atoms with Crippen LogP contribution < -0.4 is 0 Å². The van der Waals surface area contributed by atoms with E-state index >= 15 is 0 Å². The molecular formula is C56H86O8. The van der Waals surface area contributed by atoms with Crippen LogP contribution in [-0.4, -0.2) is 45.3 Å². The highest BCUT2D eigenvalue weighted by molar-refractivity contribution is 5.99. The molecule has 0 aliphatic heterocycles. The van der Waals surface area contributed by atoms with Gasteiger partial charge in [-0.15, -0.1) is 0 Å². The Balaban J connectivity index is 1.37. The van der Waals surface area contributed by atoms with Crippen molar-refractivity contribution >= 4 is 23.9 Å². The van der Waals surface area contributed by atoms with E-state index in [0.29, 0.717) is 12.8 Å². The molecule has 8 nitrogen and oxygen atoms in total. The van der Waals surface area contributed by atoms with Gasteiger partial charge in [0.05, 0.1) is 11.1 Å². The number of hydrogen-bond donors (Lipinski definition) is 2. The maximum Gasteiger partial charge on any atom is 0.353 e. The van der Waals surface area contributed by atoms with Crippen molar-refractivity contribution in [3.63, 3.8) is 0 Å². The fraction of sp³-hybridized carbons (Fsp3) is 0.714. The SMILES string of the molecule is CCCCC[C@H]1CC[C@H](CCCCc2ccc(C(=O)O[C@@](CCCC)(C(=O)O)[C@@](CCCC)(OC(=O)c3ccc(CCCC[C@H]4CC[C@H](CCCCC)CC4)cc3)C(=O)O)cc2)CC1. The minimum Gasteiger partial charge on any atom is -0.478 e. The lowest BCUT2D eigenvalue weighted by Gasteiger charge is -2.43. The van der Waals surface area contributed by atoms with Crippen molar-refractivity contribution in [3.8, 4) is 0 Å². The Kier molecular flexibility index (Phi) is 23.5. The van der Waals surface area contributed by atoms with Crippen molar-refractivity contribution in [1.29, 1.82) is 0 Å². The van der Waals surface area contributed by atoms with Crippen LogP contribution in [-0.2, 0) is 31.9 Å². The lowest BCUT2D eigenvalue weighted by atomic mass is 9.75. The number of hydrogen-bond acceptors (Lipinski definition) is 6. The molecule has 2 aromatic rings. The number of rotatable bonds is 31. The van der Waals surface area contributed by atoms with Crippen LogP contribution in [0.3, 0.4) is 0 Å². The van der Waals surface area contributed by atoms with Gasteiger partial charge in [0.1, 0.15) is 0 Å². The molecule has 4 rings (SSSR count). The summed E-state index contributed by atoms with van der Waals surface area (Å²) in [6.45, 7) is 8.22. The third kappa shape index (κ3) is 16.0. The highest BCUT2D eigenvalue weighted by atomic mass is 16.6. The first-order chi connectivity index (χ1) is 31.0. The summed E-state index contributed by atoms with van der Waals surface area (Å²) in [5, 5.41) is 21.9. The van der Waals surface area contributed by atoms with E-state index in [-0.39, 0.29) is 36.8 Å². The fourth-order valence-corrected chi connectivity index (χ4v) is 10.7. The molecule has 0 heterocycles. The van der Waals surface area contributed by atoms with Crippen LogP contribution in [0.2, 0.25) is 0 Å². The number of ether oxygens (including phenoxy) is 2. The first-order valence-electron chi connectivity index (χ1n) is 26.1. The van der Waals surface area contributed by atoms with Gasteiger partial charge in [-0.2, -0.15) is 0 Å². The molecule has 0 radical (unpaired) electrons. The normalized spacial score (nSPS) is 20.8. The van der Waals surface area contributed by atoms with E-state index in [1.165, 1.54) is 116 Å². The summed E-state index contributed by atoms with van der Waals surface area (Å²) in [7, 11) is 0. The number of carboxylic acid groups (broad SMARTS) is 2. The lowest BCUT2D eigenvalue weighted by Crippen LogP contribution is -2.67. The number of aryl methyl sites for hydroxylation is 2. The molecule has 0 unspecified atom stereocenters. The van der Waals surface area contributed by atoms with E-state index in [0.717, 1.165) is 73.3 Å². The Hall–Kier alpha value is -3.68. The van der Waals surface area contributed by atoms with Crippen molar-refractivity contribution in [2.24, 2.45) is 23.7 Å². The summed E-state index contributed by atoms with van der Waals surface area (Å²) in [6, 6.07) is 13.9. The maximum absolute atomic E-state index is 13.9. The van der Waals surface area contributed by atoms with E-state index in [1.807, 2.05) is 38.1 Å². The van der Waals surface area contributed by atoms with Crippen LogP contribution >= 0.6 is 0 Å². The van der Waals surface area contributed by atoms with Gasteiger partial charge in [-0.25, -0.2) is 19.2 Å². The maximum atomic E-state index is 13.9. The Morgan fingerprint density at radius 2 is 0.719 bits per heavy atom. The zero-order valence-electron chi connectivity index (χ0n) is 40.5. The van der Waals surface area contributed by atoms with E-state index in [1.54, 1.807) is 24.3 Å². The zero-order chi connectivity index (χ0) is 46.2. The van der Waals surface area contributed by atoms with Crippen molar-refractivity contribution in [2.45, 2.75) is 232 Å². The summed E-state index contributed by atoms with van der Waals surface area (Å²) in [5.41, 5.74) is -3.00. The number of unbranched alkanes of at least 4 members (excludes halogenated alkanes) is 8. The third-order valence-electron chi connectivity index (χ3n) is 15.0. The van der Waals surface area contributed by atoms with Gasteiger partial charge >= 0.3 is 23.9 Å². The van der Waals surface area contributed by atoms with Gasteiger partial charge < -0.3 is 19.7 Å². The zero-order valence-corrected chi connectivity index (χ0v) is 40.5. The van der Waals surface area contributed by atoms with Crippen molar-refractivity contribution in [1.82, 2.24) is 0 Å². The van der Waals surface area contributed by atoms with Crippen LogP contribution in [0, 0.1) is 23.7 Å². The largest absolute Gasteiger partial charge is 0.478 e. The van der Waals surface area contributed by atoms with Gasteiger partial charge in [0.2, 0.25) is 0 Å². The Bertz CT molecular complexity index is 1530. The second kappa shape index (κ2) is 28.4. The van der Waals surface area contributed by atoms with E-state index < -0.39 is 35.1 Å². The molecule has 2 fully saturated rings. The quantitative estimate of drug-likeness (QED) is 0.0566. The predicted molar refractivity (Wildman–Crippen MR) is 258 cm³/mol. The molecular weight excluding hydrogens is 801 g/mol. The Morgan fingerprint density at radius 1 is 0.438 bits per heavy atom. The van der Waals surface area contributed by atoms with Crippen LogP contribution in [0.5, 0.6) is 0 Å². The van der Waals surface area contributed by atoms with Gasteiger partial charge in [-0.05, 0) is 97.6 Å². The number of carbonyl (C=O) groups excluding carboxylic acids is 2. The van der Waals surface area contributed by atoms with E-state index in [4.69, 9.17) is 9.47 Å². The molecule has 2 aromatic carbocycles. The first kappa shape index (κ1) is 52.9. The summed E-state index contributed by atoms with van der Waals surface area (Å²) in [4.78, 5) is 54.9. The van der Waals surface area contributed by atoms with Gasteiger partial charge in [0.15, 0.2) is 0 Å². The predicted octanol–water partition coefficient (Wildman–Crippen LogP) is 14.9. The minimum atomic E-state index is -2.68. The molecule has 2 saturated carbocycles. The number of carboxylic acids is 2. The van der Waals surface area contributed by atoms with Gasteiger partial charge in [-0.1, -0.05) is 193 Å². The van der Waals surface area contributed by atoms with Crippen LogP contribution in [0.1, 0.15) is 239 Å². The summed E-state index contributed by atoms with van der Waals surface area (Å²) in [5.74, 6) is -1.77. The minimum absolute atomic E-state index is 0.114. The molecule has 0 amide bonds. The van der Waals surface area contributed by atoms with Gasteiger partial charge in [-0.3, -0.25) is 0 Å². The molecule has 0 aromatic heterocycles. The van der Waals surface area contributed by atoms with Gasteiger partial charge in [0, 0.05) is 12.8 Å². The Labute approximate surface area is 387 Å². The Morgan fingerprint density at radius 3 is 0.984 bits per heavy atom. The molecule has 8 heteroatoms. The highest BCUT2D eigenvalue weighted by Gasteiger charge is 2.67. The van der Waals surface area contributed by atoms with Crippen molar-refractivity contribution in [2.75, 3.05) is 0 Å². The van der Waals surface area contributed by atoms with Crippen molar-refractivity contribution < 1.29 is 38.9 Å². The molecule has 2 aliphatic carbocycles. The molecule has 2 aliphatic rings. The number of carbonyl (C=O) groups is 4. The first-order valence-corrected chi connectivity index (χ1v) is 26.1. The highest BCUT2D eigenvalue weighted by Crippen LogP contribution is 2.42. The van der Waals surface area contributed by atoms with Gasteiger partial charge in [0.25, 0.3) is 11.2 Å². The summed E-state index contributed by atoms with van der Waals surface area (Å²) >= 11 is 0. The van der Waals surface area contributed by atoms with Crippen LogP contribution in [0.15, 0.2) is 48.5 Å². The topological polar surface area (TPSA) is 127 Å². The average molecular weight is 887 g/mol. The molecule has 0 bridgehead atoms. The molecule has 0 saturated heterocycles. The smallest absolute Gasteiger partial charge is 0.353 e. The second-order valence-corrected chi connectivity index (χ2v) is 19.9. The lowest BCUT2D eigenvalue weighted by molar-refractivity contribution is -0.211. The number of benzene rings is 2. The molecule has 64 heavy (non-hydrogen) atoms. The monoisotopic (exact) mass is 887 g/mol. The molecule has 0 spiro atoms. The number of aliphatic carboxylic acids is 2. The van der Waals surface area contributed by atoms with Crippen LogP contribution in [0.25, 0.3) is 0 Å². The van der Waals surface area contributed by atoms with E-state index in [9.17, 15) is 29.4 Å². The average Bonchev–Trinajstić information content (AvgIpc) is 3.30. The molecule has 2 atom stereocenters.